The van der Waals surface area contributed by atoms with Crippen molar-refractivity contribution >= 4 is 11.8 Å². The van der Waals surface area contributed by atoms with E-state index in [0.717, 1.165) is 6.42 Å². The topological polar surface area (TPSA) is 75.4 Å². The molecule has 1 saturated heterocycles. The molecule has 92 valence electrons. The van der Waals surface area contributed by atoms with Crippen molar-refractivity contribution in [3.8, 4) is 0 Å². The quantitative estimate of drug-likeness (QED) is 0.646. The fourth-order valence-electron chi connectivity index (χ4n) is 1.56. The Balaban J connectivity index is 2.68. The number of carbonyl (C=O) groups is 2. The van der Waals surface area contributed by atoms with Gasteiger partial charge in [-0.15, -0.1) is 0 Å². The van der Waals surface area contributed by atoms with Crippen molar-refractivity contribution in [3.63, 3.8) is 0 Å². The van der Waals surface area contributed by atoms with Gasteiger partial charge in [0.2, 0.25) is 11.8 Å². The van der Waals surface area contributed by atoms with Crippen LogP contribution < -0.4 is 11.1 Å². The molecule has 0 aromatic rings. The summed E-state index contributed by atoms with van der Waals surface area (Å²) in [5.41, 5.74) is 5.62. The largest absolute Gasteiger partial charge is 0.354 e. The van der Waals surface area contributed by atoms with Gasteiger partial charge in [-0.1, -0.05) is 20.8 Å². The van der Waals surface area contributed by atoms with Crippen LogP contribution in [0.5, 0.6) is 0 Å². The van der Waals surface area contributed by atoms with Crippen LogP contribution in [0.2, 0.25) is 0 Å². The first-order chi connectivity index (χ1) is 7.32. The van der Waals surface area contributed by atoms with Crippen molar-refractivity contribution in [2.75, 3.05) is 19.6 Å². The van der Waals surface area contributed by atoms with E-state index >= 15 is 0 Å². The van der Waals surface area contributed by atoms with Crippen LogP contribution in [-0.4, -0.2) is 42.4 Å². The molecule has 0 saturated carbocycles. The SMILES string of the molecule is CC(C)(C)C(N)C(=O)N1CCCNC(=O)C1. The maximum absolute atomic E-state index is 12.1. The highest BCUT2D eigenvalue weighted by Crippen LogP contribution is 2.19. The average Bonchev–Trinajstić information content (AvgIpc) is 2.39. The first kappa shape index (κ1) is 13.0. The van der Waals surface area contributed by atoms with Crippen molar-refractivity contribution in [3.05, 3.63) is 0 Å². The Kier molecular flexibility index (Phi) is 3.91. The van der Waals surface area contributed by atoms with Crippen LogP contribution in [0.25, 0.3) is 0 Å². The maximum atomic E-state index is 12.1. The van der Waals surface area contributed by atoms with Gasteiger partial charge in [0, 0.05) is 13.1 Å². The van der Waals surface area contributed by atoms with Crippen molar-refractivity contribution < 1.29 is 9.59 Å². The van der Waals surface area contributed by atoms with E-state index in [-0.39, 0.29) is 23.8 Å². The smallest absolute Gasteiger partial charge is 0.240 e. The summed E-state index contributed by atoms with van der Waals surface area (Å²) in [5, 5.41) is 2.73. The first-order valence-corrected chi connectivity index (χ1v) is 5.63. The molecular weight excluding hydrogens is 206 g/mol. The summed E-state index contributed by atoms with van der Waals surface area (Å²) < 4.78 is 0. The van der Waals surface area contributed by atoms with Gasteiger partial charge in [0.15, 0.2) is 0 Å². The van der Waals surface area contributed by atoms with Crippen molar-refractivity contribution in [2.24, 2.45) is 11.1 Å². The summed E-state index contributed by atoms with van der Waals surface area (Å²) in [6, 6.07) is -0.557. The van der Waals surface area contributed by atoms with Gasteiger partial charge in [0.25, 0.3) is 0 Å². The summed E-state index contributed by atoms with van der Waals surface area (Å²) in [4.78, 5) is 24.9. The predicted octanol–water partition coefficient (Wildman–Crippen LogP) is -0.292. The second-order valence-corrected chi connectivity index (χ2v) is 5.31. The highest BCUT2D eigenvalue weighted by Gasteiger charge is 2.32. The Morgan fingerprint density at radius 2 is 2.12 bits per heavy atom. The third-order valence-electron chi connectivity index (χ3n) is 2.77. The summed E-state index contributed by atoms with van der Waals surface area (Å²) in [6.45, 7) is 7.13. The Labute approximate surface area is 96.4 Å². The van der Waals surface area contributed by atoms with Gasteiger partial charge in [0.05, 0.1) is 12.6 Å². The lowest BCUT2D eigenvalue weighted by Gasteiger charge is -2.30. The molecular formula is C11H21N3O2. The van der Waals surface area contributed by atoms with Crippen LogP contribution in [0.4, 0.5) is 0 Å². The molecule has 1 rings (SSSR count). The molecule has 0 radical (unpaired) electrons. The average molecular weight is 227 g/mol. The van der Waals surface area contributed by atoms with E-state index in [0.29, 0.717) is 13.1 Å². The monoisotopic (exact) mass is 227 g/mol. The third kappa shape index (κ3) is 3.20. The number of carbonyl (C=O) groups excluding carboxylic acids is 2. The lowest BCUT2D eigenvalue weighted by molar-refractivity contribution is -0.138. The number of amides is 2. The number of hydrogen-bond acceptors (Lipinski definition) is 3. The summed E-state index contributed by atoms with van der Waals surface area (Å²) in [7, 11) is 0. The number of nitrogens with one attached hydrogen (secondary N) is 1. The second kappa shape index (κ2) is 4.82. The second-order valence-electron chi connectivity index (χ2n) is 5.31. The molecule has 0 aliphatic carbocycles. The molecule has 5 nitrogen and oxygen atoms in total. The predicted molar refractivity (Wildman–Crippen MR) is 61.6 cm³/mol. The first-order valence-electron chi connectivity index (χ1n) is 5.63. The van der Waals surface area contributed by atoms with Gasteiger partial charge < -0.3 is 16.0 Å². The molecule has 1 unspecified atom stereocenters. The molecule has 16 heavy (non-hydrogen) atoms. The van der Waals surface area contributed by atoms with Crippen LogP contribution >= 0.6 is 0 Å². The van der Waals surface area contributed by atoms with E-state index < -0.39 is 6.04 Å². The van der Waals surface area contributed by atoms with Gasteiger partial charge in [-0.3, -0.25) is 9.59 Å². The van der Waals surface area contributed by atoms with Gasteiger partial charge in [-0.25, -0.2) is 0 Å². The van der Waals surface area contributed by atoms with E-state index in [4.69, 9.17) is 5.73 Å². The van der Waals surface area contributed by atoms with E-state index in [2.05, 4.69) is 5.32 Å². The Bertz CT molecular complexity index is 283. The zero-order valence-corrected chi connectivity index (χ0v) is 10.2. The van der Waals surface area contributed by atoms with Gasteiger partial charge in [-0.2, -0.15) is 0 Å². The molecule has 1 heterocycles. The molecule has 1 fully saturated rings. The molecule has 1 aliphatic heterocycles. The van der Waals surface area contributed by atoms with Crippen molar-refractivity contribution in [1.29, 1.82) is 0 Å². The molecule has 0 aromatic carbocycles. The summed E-state index contributed by atoms with van der Waals surface area (Å²) >= 11 is 0. The molecule has 5 heteroatoms. The van der Waals surface area contributed by atoms with Crippen molar-refractivity contribution in [2.45, 2.75) is 33.2 Å². The highest BCUT2D eigenvalue weighted by atomic mass is 16.2. The minimum atomic E-state index is -0.557. The van der Waals surface area contributed by atoms with Gasteiger partial charge in [0.1, 0.15) is 0 Å². The molecule has 1 aliphatic rings. The fraction of sp³-hybridized carbons (Fsp3) is 0.818. The number of rotatable bonds is 1. The van der Waals surface area contributed by atoms with E-state index in [1.54, 1.807) is 4.90 Å². The Hall–Kier alpha value is -1.10. The molecule has 0 bridgehead atoms. The maximum Gasteiger partial charge on any atom is 0.240 e. The fourth-order valence-corrected chi connectivity index (χ4v) is 1.56. The summed E-state index contributed by atoms with van der Waals surface area (Å²) in [6.07, 6.45) is 0.786. The Morgan fingerprint density at radius 1 is 1.50 bits per heavy atom. The molecule has 1 atom stereocenters. The van der Waals surface area contributed by atoms with Crippen LogP contribution in [0.1, 0.15) is 27.2 Å². The highest BCUT2D eigenvalue weighted by molar-refractivity contribution is 5.88. The van der Waals surface area contributed by atoms with Crippen molar-refractivity contribution in [1.82, 2.24) is 10.2 Å². The van der Waals surface area contributed by atoms with Crippen LogP contribution in [0, 0.1) is 5.41 Å². The van der Waals surface area contributed by atoms with Crippen LogP contribution in [-0.2, 0) is 9.59 Å². The van der Waals surface area contributed by atoms with E-state index in [1.807, 2.05) is 20.8 Å². The standard InChI is InChI=1S/C11H21N3O2/c1-11(2,3)9(12)10(16)14-6-4-5-13-8(15)7-14/h9H,4-7,12H2,1-3H3,(H,13,15). The molecule has 0 spiro atoms. The zero-order valence-electron chi connectivity index (χ0n) is 10.2. The zero-order chi connectivity index (χ0) is 12.3. The lowest BCUT2D eigenvalue weighted by Crippen LogP contribution is -2.51. The van der Waals surface area contributed by atoms with Gasteiger partial charge >= 0.3 is 0 Å². The normalized spacial score (nSPS) is 20.0. The van der Waals surface area contributed by atoms with Crippen LogP contribution in [0.3, 0.4) is 0 Å². The minimum absolute atomic E-state index is 0.105. The van der Waals surface area contributed by atoms with Crippen LogP contribution in [0.15, 0.2) is 0 Å². The lowest BCUT2D eigenvalue weighted by atomic mass is 9.86. The van der Waals surface area contributed by atoms with E-state index in [1.165, 1.54) is 0 Å². The van der Waals surface area contributed by atoms with Gasteiger partial charge in [-0.05, 0) is 11.8 Å². The summed E-state index contributed by atoms with van der Waals surface area (Å²) in [5.74, 6) is -0.239. The number of hydrogen-bond donors (Lipinski definition) is 2. The molecule has 3 N–H and O–H groups in total. The molecule has 0 aromatic heterocycles. The minimum Gasteiger partial charge on any atom is -0.354 e. The molecule has 2 amide bonds. The number of nitrogens with two attached hydrogens (primary N) is 1. The van der Waals surface area contributed by atoms with E-state index in [9.17, 15) is 9.59 Å². The third-order valence-corrected chi connectivity index (χ3v) is 2.77. The Morgan fingerprint density at radius 3 is 2.69 bits per heavy atom. The number of nitrogens with zero attached hydrogens (tertiary/aromatic N) is 1.